The maximum atomic E-state index is 11.6. The molecule has 1 aromatic rings. The van der Waals surface area contributed by atoms with E-state index < -0.39 is 0 Å². The van der Waals surface area contributed by atoms with Crippen LogP contribution >= 0.6 is 0 Å². The van der Waals surface area contributed by atoms with Gasteiger partial charge in [-0.25, -0.2) is 0 Å². The molecule has 0 radical (unpaired) electrons. The number of carbonyl (C=O) groups excluding carboxylic acids is 1. The summed E-state index contributed by atoms with van der Waals surface area (Å²) in [6.07, 6.45) is 4.48. The fourth-order valence-electron chi connectivity index (χ4n) is 1.46. The van der Waals surface area contributed by atoms with E-state index in [0.29, 0.717) is 12.5 Å². The first-order valence-corrected chi connectivity index (χ1v) is 6.48. The van der Waals surface area contributed by atoms with Crippen molar-refractivity contribution >= 4 is 5.91 Å². The van der Waals surface area contributed by atoms with Gasteiger partial charge in [-0.15, -0.1) is 0 Å². The molecular weight excluding hydrogens is 226 g/mol. The highest BCUT2D eigenvalue weighted by Gasteiger charge is 2.09. The van der Waals surface area contributed by atoms with Gasteiger partial charge in [-0.3, -0.25) is 9.78 Å². The highest BCUT2D eigenvalue weighted by molar-refractivity contribution is 5.78. The van der Waals surface area contributed by atoms with E-state index in [0.717, 1.165) is 13.0 Å². The third kappa shape index (κ3) is 5.77. The molecule has 1 unspecified atom stereocenters. The molecule has 1 rings (SSSR count). The minimum Gasteiger partial charge on any atom is -0.352 e. The Kier molecular flexibility index (Phi) is 6.36. The van der Waals surface area contributed by atoms with E-state index in [1.807, 2.05) is 19.1 Å². The summed E-state index contributed by atoms with van der Waals surface area (Å²) in [6, 6.07) is 4.20. The Morgan fingerprint density at radius 1 is 1.28 bits per heavy atom. The van der Waals surface area contributed by atoms with Crippen LogP contribution in [0.4, 0.5) is 0 Å². The minimum absolute atomic E-state index is 0.0610. The normalized spacial score (nSPS) is 12.4. The van der Waals surface area contributed by atoms with Gasteiger partial charge < -0.3 is 10.6 Å². The Morgan fingerprint density at radius 3 is 2.56 bits per heavy atom. The second-order valence-corrected chi connectivity index (χ2v) is 4.88. The van der Waals surface area contributed by atoms with Gasteiger partial charge in [-0.1, -0.05) is 13.8 Å². The lowest BCUT2D eigenvalue weighted by Gasteiger charge is -2.17. The van der Waals surface area contributed by atoms with Crippen LogP contribution in [0.5, 0.6) is 0 Å². The number of amides is 1. The van der Waals surface area contributed by atoms with E-state index in [4.69, 9.17) is 0 Å². The number of nitrogens with zero attached hydrogens (tertiary/aromatic N) is 1. The maximum absolute atomic E-state index is 11.6. The van der Waals surface area contributed by atoms with E-state index in [9.17, 15) is 4.79 Å². The van der Waals surface area contributed by atoms with E-state index >= 15 is 0 Å². The molecule has 0 saturated heterocycles. The van der Waals surface area contributed by atoms with Crippen LogP contribution in [0.15, 0.2) is 24.5 Å². The van der Waals surface area contributed by atoms with Gasteiger partial charge in [0.1, 0.15) is 0 Å². The van der Waals surface area contributed by atoms with Crippen molar-refractivity contribution in [2.24, 2.45) is 5.92 Å². The summed E-state index contributed by atoms with van der Waals surface area (Å²) in [4.78, 5) is 15.6. The van der Waals surface area contributed by atoms with Crippen molar-refractivity contribution < 1.29 is 4.79 Å². The summed E-state index contributed by atoms with van der Waals surface area (Å²) in [5.74, 6) is 0.525. The third-order valence-electron chi connectivity index (χ3n) is 3.01. The standard InChI is InChI=1S/C14H23N3O/c1-11(2)12(3)17-14(18)10-16-9-6-13-4-7-15-8-5-13/h4-5,7-8,11-12,16H,6,9-10H2,1-3H3,(H,17,18). The molecule has 4 heteroatoms. The van der Waals surface area contributed by atoms with Crippen molar-refractivity contribution in [1.82, 2.24) is 15.6 Å². The van der Waals surface area contributed by atoms with Gasteiger partial charge in [0, 0.05) is 18.4 Å². The molecule has 1 amide bonds. The Labute approximate surface area is 109 Å². The second-order valence-electron chi connectivity index (χ2n) is 4.88. The van der Waals surface area contributed by atoms with Gasteiger partial charge >= 0.3 is 0 Å². The molecule has 18 heavy (non-hydrogen) atoms. The molecule has 1 aromatic heterocycles. The molecule has 0 bridgehead atoms. The predicted octanol–water partition coefficient (Wildman–Crippen LogP) is 1.37. The lowest BCUT2D eigenvalue weighted by molar-refractivity contribution is -0.121. The molecule has 2 N–H and O–H groups in total. The Bertz CT molecular complexity index is 351. The van der Waals surface area contributed by atoms with Gasteiger partial charge in [0.2, 0.25) is 5.91 Å². The molecule has 0 aliphatic rings. The minimum atomic E-state index is 0.0610. The molecule has 0 aliphatic heterocycles. The average Bonchev–Trinajstić information content (AvgIpc) is 2.35. The number of hydrogen-bond donors (Lipinski definition) is 2. The summed E-state index contributed by atoms with van der Waals surface area (Å²) in [5.41, 5.74) is 1.23. The summed E-state index contributed by atoms with van der Waals surface area (Å²) in [7, 11) is 0. The first-order valence-electron chi connectivity index (χ1n) is 6.48. The van der Waals surface area contributed by atoms with Crippen molar-refractivity contribution in [2.45, 2.75) is 33.2 Å². The van der Waals surface area contributed by atoms with E-state index in [1.165, 1.54) is 5.56 Å². The van der Waals surface area contributed by atoms with Crippen LogP contribution < -0.4 is 10.6 Å². The van der Waals surface area contributed by atoms with Gasteiger partial charge in [0.05, 0.1) is 6.54 Å². The zero-order chi connectivity index (χ0) is 13.4. The number of carbonyl (C=O) groups is 1. The van der Waals surface area contributed by atoms with E-state index in [1.54, 1.807) is 12.4 Å². The van der Waals surface area contributed by atoms with E-state index in [-0.39, 0.29) is 11.9 Å². The van der Waals surface area contributed by atoms with Crippen molar-refractivity contribution in [3.63, 3.8) is 0 Å². The summed E-state index contributed by atoms with van der Waals surface area (Å²) >= 11 is 0. The molecule has 0 fully saturated rings. The largest absolute Gasteiger partial charge is 0.352 e. The molecular formula is C14H23N3O. The predicted molar refractivity (Wildman–Crippen MR) is 73.3 cm³/mol. The van der Waals surface area contributed by atoms with Crippen LogP contribution in [-0.2, 0) is 11.2 Å². The van der Waals surface area contributed by atoms with E-state index in [2.05, 4.69) is 29.5 Å². The summed E-state index contributed by atoms with van der Waals surface area (Å²) in [6.45, 7) is 7.40. The fraction of sp³-hybridized carbons (Fsp3) is 0.571. The Balaban J connectivity index is 2.13. The second kappa shape index (κ2) is 7.82. The van der Waals surface area contributed by atoms with Crippen LogP contribution in [0, 0.1) is 5.92 Å². The smallest absolute Gasteiger partial charge is 0.234 e. The van der Waals surface area contributed by atoms with Gasteiger partial charge in [0.15, 0.2) is 0 Å². The lowest BCUT2D eigenvalue weighted by atomic mass is 10.1. The topological polar surface area (TPSA) is 54.0 Å². The molecule has 0 spiro atoms. The number of rotatable bonds is 7. The quantitative estimate of drug-likeness (QED) is 0.718. The van der Waals surface area contributed by atoms with Crippen molar-refractivity contribution in [3.05, 3.63) is 30.1 Å². The molecule has 0 aromatic carbocycles. The van der Waals surface area contributed by atoms with Crippen molar-refractivity contribution in [1.29, 1.82) is 0 Å². The zero-order valence-electron chi connectivity index (χ0n) is 11.4. The zero-order valence-corrected chi connectivity index (χ0v) is 11.4. The summed E-state index contributed by atoms with van der Waals surface area (Å²) in [5, 5.41) is 6.11. The van der Waals surface area contributed by atoms with Crippen molar-refractivity contribution in [2.75, 3.05) is 13.1 Å². The number of nitrogens with one attached hydrogen (secondary N) is 2. The van der Waals surface area contributed by atoms with Gasteiger partial charge in [-0.05, 0) is 43.5 Å². The Morgan fingerprint density at radius 2 is 1.94 bits per heavy atom. The highest BCUT2D eigenvalue weighted by Crippen LogP contribution is 1.99. The summed E-state index contributed by atoms with van der Waals surface area (Å²) < 4.78 is 0. The average molecular weight is 249 g/mol. The molecule has 0 saturated carbocycles. The molecule has 4 nitrogen and oxygen atoms in total. The van der Waals surface area contributed by atoms with Crippen LogP contribution in [-0.4, -0.2) is 30.0 Å². The molecule has 1 heterocycles. The molecule has 1 atom stereocenters. The monoisotopic (exact) mass is 249 g/mol. The fourth-order valence-corrected chi connectivity index (χ4v) is 1.46. The SMILES string of the molecule is CC(C)C(C)NC(=O)CNCCc1ccncc1. The lowest BCUT2D eigenvalue weighted by Crippen LogP contribution is -2.41. The molecule has 0 aliphatic carbocycles. The van der Waals surface area contributed by atoms with Crippen LogP contribution in [0.25, 0.3) is 0 Å². The first-order chi connectivity index (χ1) is 8.59. The highest BCUT2D eigenvalue weighted by atomic mass is 16.1. The number of pyridine rings is 1. The van der Waals surface area contributed by atoms with Gasteiger partial charge in [0.25, 0.3) is 0 Å². The first kappa shape index (κ1) is 14.6. The van der Waals surface area contributed by atoms with Crippen LogP contribution in [0.1, 0.15) is 26.3 Å². The van der Waals surface area contributed by atoms with Crippen LogP contribution in [0.2, 0.25) is 0 Å². The molecule has 100 valence electrons. The maximum Gasteiger partial charge on any atom is 0.234 e. The van der Waals surface area contributed by atoms with Crippen LogP contribution in [0.3, 0.4) is 0 Å². The third-order valence-corrected chi connectivity index (χ3v) is 3.01. The number of hydrogen-bond acceptors (Lipinski definition) is 3. The van der Waals surface area contributed by atoms with Crippen molar-refractivity contribution in [3.8, 4) is 0 Å². The van der Waals surface area contributed by atoms with Gasteiger partial charge in [-0.2, -0.15) is 0 Å². The number of aromatic nitrogens is 1. The Hall–Kier alpha value is -1.42.